The van der Waals surface area contributed by atoms with Gasteiger partial charge in [0.2, 0.25) is 0 Å². The Hall–Kier alpha value is -1.36. The number of aliphatic carboxylic acids is 1. The van der Waals surface area contributed by atoms with E-state index in [0.29, 0.717) is 0 Å². The molecule has 10 heavy (non-hydrogen) atoms. The van der Waals surface area contributed by atoms with Gasteiger partial charge in [-0.25, -0.2) is 10.2 Å². The van der Waals surface area contributed by atoms with Gasteiger partial charge in [-0.2, -0.15) is 0 Å². The minimum Gasteiger partial charge on any atom is -0.478 e. The second-order valence-electron chi connectivity index (χ2n) is 1.41. The summed E-state index contributed by atoms with van der Waals surface area (Å²) in [6.07, 6.45) is 3.12. The van der Waals surface area contributed by atoms with Crippen molar-refractivity contribution < 1.29 is 9.90 Å². The second-order valence-corrected chi connectivity index (χ2v) is 1.41. The first-order chi connectivity index (χ1) is 4.70. The van der Waals surface area contributed by atoms with Gasteiger partial charge in [0.05, 0.1) is 0 Å². The first-order valence-electron chi connectivity index (χ1n) is 2.58. The van der Waals surface area contributed by atoms with Crippen LogP contribution in [0, 0.1) is 5.41 Å². The topological polar surface area (TPSA) is 76.4 Å². The van der Waals surface area contributed by atoms with Crippen LogP contribution in [-0.4, -0.2) is 29.5 Å². The molecule has 0 aliphatic rings. The van der Waals surface area contributed by atoms with Crippen molar-refractivity contribution in [2.45, 2.75) is 0 Å². The van der Waals surface area contributed by atoms with Gasteiger partial charge >= 0.3 is 5.97 Å². The summed E-state index contributed by atoms with van der Waals surface area (Å²) in [5.41, 5.74) is 2.55. The standard InChI is InChI=1S/C5H9N3O2/c1-7-8(4-6)3-2-5(9)10/h2-4,6-7H,1H3,(H,9,10)/b3-2-,6-4?. The molecule has 0 bridgehead atoms. The normalized spacial score (nSPS) is 9.70. The summed E-state index contributed by atoms with van der Waals surface area (Å²) >= 11 is 0. The van der Waals surface area contributed by atoms with Crippen molar-refractivity contribution in [1.29, 1.82) is 5.41 Å². The Kier molecular flexibility index (Phi) is 3.90. The van der Waals surface area contributed by atoms with E-state index in [4.69, 9.17) is 10.5 Å². The SMILES string of the molecule is CNN(C=N)/C=C\C(=O)O. The van der Waals surface area contributed by atoms with E-state index in [1.165, 1.54) is 11.2 Å². The first-order valence-corrected chi connectivity index (χ1v) is 2.58. The Morgan fingerprint density at radius 3 is 2.70 bits per heavy atom. The van der Waals surface area contributed by atoms with Gasteiger partial charge in [0.25, 0.3) is 0 Å². The van der Waals surface area contributed by atoms with Crippen molar-refractivity contribution in [1.82, 2.24) is 10.4 Å². The molecular formula is C5H9N3O2. The van der Waals surface area contributed by atoms with Crippen LogP contribution >= 0.6 is 0 Å². The first kappa shape index (κ1) is 8.64. The van der Waals surface area contributed by atoms with Crippen molar-refractivity contribution in [3.63, 3.8) is 0 Å². The number of carboxylic acids is 1. The van der Waals surface area contributed by atoms with Crippen molar-refractivity contribution in [3.8, 4) is 0 Å². The summed E-state index contributed by atoms with van der Waals surface area (Å²) in [4.78, 5) is 9.92. The fraction of sp³-hybridized carbons (Fsp3) is 0.200. The largest absolute Gasteiger partial charge is 0.478 e. The lowest BCUT2D eigenvalue weighted by atomic mass is 10.6. The van der Waals surface area contributed by atoms with Gasteiger partial charge in [0, 0.05) is 19.3 Å². The van der Waals surface area contributed by atoms with E-state index >= 15 is 0 Å². The highest BCUT2D eigenvalue weighted by Gasteiger charge is 1.88. The molecule has 0 aliphatic heterocycles. The summed E-state index contributed by atoms with van der Waals surface area (Å²) < 4.78 is 0. The average Bonchev–Trinajstić information content (AvgIpc) is 1.90. The highest BCUT2D eigenvalue weighted by molar-refractivity contribution is 5.79. The highest BCUT2D eigenvalue weighted by atomic mass is 16.4. The molecule has 0 amide bonds. The molecule has 0 heterocycles. The van der Waals surface area contributed by atoms with Crippen LogP contribution in [0.1, 0.15) is 0 Å². The average molecular weight is 143 g/mol. The van der Waals surface area contributed by atoms with Gasteiger partial charge in [0.15, 0.2) is 0 Å². The zero-order valence-electron chi connectivity index (χ0n) is 5.53. The quantitative estimate of drug-likeness (QED) is 0.217. The monoisotopic (exact) mass is 143 g/mol. The Labute approximate surface area is 58.4 Å². The van der Waals surface area contributed by atoms with Crippen LogP contribution in [0.2, 0.25) is 0 Å². The number of carbonyl (C=O) groups is 1. The molecule has 0 saturated carbocycles. The van der Waals surface area contributed by atoms with Crippen molar-refractivity contribution in [2.75, 3.05) is 7.05 Å². The van der Waals surface area contributed by atoms with Crippen LogP contribution in [0.5, 0.6) is 0 Å². The van der Waals surface area contributed by atoms with E-state index in [1.807, 2.05) is 0 Å². The van der Waals surface area contributed by atoms with Crippen LogP contribution in [0.3, 0.4) is 0 Å². The molecule has 0 saturated heterocycles. The molecule has 0 spiro atoms. The lowest BCUT2D eigenvalue weighted by molar-refractivity contribution is -0.131. The molecule has 0 aromatic carbocycles. The summed E-state index contributed by atoms with van der Waals surface area (Å²) in [7, 11) is 1.58. The molecular weight excluding hydrogens is 134 g/mol. The molecule has 0 aromatic rings. The van der Waals surface area contributed by atoms with E-state index < -0.39 is 5.97 Å². The number of nitrogens with zero attached hydrogens (tertiary/aromatic N) is 1. The summed E-state index contributed by atoms with van der Waals surface area (Å²) in [5, 5.41) is 16.0. The van der Waals surface area contributed by atoms with Gasteiger partial charge < -0.3 is 5.11 Å². The van der Waals surface area contributed by atoms with E-state index in [0.717, 1.165) is 12.4 Å². The number of rotatable bonds is 4. The van der Waals surface area contributed by atoms with Crippen molar-refractivity contribution in [3.05, 3.63) is 12.3 Å². The summed E-state index contributed by atoms with van der Waals surface area (Å²) in [6, 6.07) is 0. The molecule has 0 radical (unpaired) electrons. The van der Waals surface area contributed by atoms with Crippen LogP contribution in [0.15, 0.2) is 12.3 Å². The van der Waals surface area contributed by atoms with Gasteiger partial charge in [-0.1, -0.05) is 0 Å². The fourth-order valence-electron chi connectivity index (χ4n) is 0.326. The van der Waals surface area contributed by atoms with E-state index in [9.17, 15) is 4.79 Å². The van der Waals surface area contributed by atoms with E-state index in [2.05, 4.69) is 5.43 Å². The third-order valence-electron chi connectivity index (χ3n) is 0.775. The molecule has 5 heteroatoms. The minimum atomic E-state index is -1.04. The number of hydrazine groups is 1. The maximum Gasteiger partial charge on any atom is 0.329 e. The highest BCUT2D eigenvalue weighted by Crippen LogP contribution is 1.77. The number of carboxylic acid groups (broad SMARTS) is 1. The second kappa shape index (κ2) is 4.51. The maximum atomic E-state index is 9.92. The Morgan fingerprint density at radius 2 is 2.40 bits per heavy atom. The molecule has 3 N–H and O–H groups in total. The third-order valence-corrected chi connectivity index (χ3v) is 0.775. The van der Waals surface area contributed by atoms with Crippen molar-refractivity contribution in [2.24, 2.45) is 0 Å². The third kappa shape index (κ3) is 3.62. The summed E-state index contributed by atoms with van der Waals surface area (Å²) in [5.74, 6) is -1.04. The van der Waals surface area contributed by atoms with E-state index in [1.54, 1.807) is 7.05 Å². The predicted octanol–water partition coefficient (Wildman–Crippen LogP) is -0.372. The number of hydrogen-bond acceptors (Lipinski definition) is 3. The van der Waals surface area contributed by atoms with Gasteiger partial charge in [-0.3, -0.25) is 10.4 Å². The fourth-order valence-corrected chi connectivity index (χ4v) is 0.326. The molecule has 0 aliphatic carbocycles. The molecule has 0 fully saturated rings. The zero-order valence-corrected chi connectivity index (χ0v) is 5.53. The Balaban J connectivity index is 3.83. The molecule has 0 atom stereocenters. The lowest BCUT2D eigenvalue weighted by Crippen LogP contribution is -2.27. The van der Waals surface area contributed by atoms with Gasteiger partial charge in [0.1, 0.15) is 6.34 Å². The summed E-state index contributed by atoms with van der Waals surface area (Å²) in [6.45, 7) is 0. The van der Waals surface area contributed by atoms with Gasteiger partial charge in [-0.05, 0) is 0 Å². The van der Waals surface area contributed by atoms with Crippen LogP contribution in [0.25, 0.3) is 0 Å². The van der Waals surface area contributed by atoms with Crippen LogP contribution in [0.4, 0.5) is 0 Å². The molecule has 5 nitrogen and oxygen atoms in total. The lowest BCUT2D eigenvalue weighted by Gasteiger charge is -2.09. The molecule has 0 rings (SSSR count). The van der Waals surface area contributed by atoms with Crippen LogP contribution < -0.4 is 5.43 Å². The smallest absolute Gasteiger partial charge is 0.329 e. The molecule has 0 unspecified atom stereocenters. The van der Waals surface area contributed by atoms with Crippen LogP contribution in [-0.2, 0) is 4.79 Å². The number of nitrogens with one attached hydrogen (secondary N) is 2. The van der Waals surface area contributed by atoms with E-state index in [-0.39, 0.29) is 0 Å². The predicted molar refractivity (Wildman–Crippen MR) is 36.5 cm³/mol. The Morgan fingerprint density at radius 1 is 1.80 bits per heavy atom. The van der Waals surface area contributed by atoms with Crippen molar-refractivity contribution >= 4 is 12.3 Å². The minimum absolute atomic E-state index is 0.932. The zero-order chi connectivity index (χ0) is 7.98. The Bertz CT molecular complexity index is 155. The molecule has 56 valence electrons. The van der Waals surface area contributed by atoms with Gasteiger partial charge in [-0.15, -0.1) is 0 Å². The maximum absolute atomic E-state index is 9.92. The molecule has 0 aromatic heterocycles. The number of hydrogen-bond donors (Lipinski definition) is 3.